The van der Waals surface area contributed by atoms with Crippen LogP contribution in [0.4, 0.5) is 0 Å². The first-order valence-corrected chi connectivity index (χ1v) is 5.67. The van der Waals surface area contributed by atoms with Gasteiger partial charge in [0.15, 0.2) is 5.79 Å². The molecule has 0 saturated carbocycles. The number of methoxy groups -OCH3 is 2. The van der Waals surface area contributed by atoms with E-state index in [-0.39, 0.29) is 0 Å². The van der Waals surface area contributed by atoms with Gasteiger partial charge in [0.2, 0.25) is 0 Å². The van der Waals surface area contributed by atoms with Crippen LogP contribution < -0.4 is 5.73 Å². The summed E-state index contributed by atoms with van der Waals surface area (Å²) in [5, 5.41) is 0. The molecule has 0 aromatic carbocycles. The van der Waals surface area contributed by atoms with Crippen molar-refractivity contribution in [2.75, 3.05) is 20.8 Å². The quantitative estimate of drug-likeness (QED) is 0.477. The Balaban J connectivity index is 4.67. The SMILES string of the molecule is COC(CCCN)(OC)C(C)(C)O[SiH3]. The fourth-order valence-corrected chi connectivity index (χ4v) is 1.88. The zero-order valence-electron chi connectivity index (χ0n) is 9.92. The van der Waals surface area contributed by atoms with Gasteiger partial charge in [-0.1, -0.05) is 0 Å². The molecule has 0 bridgehead atoms. The Kier molecular flexibility index (Phi) is 5.85. The van der Waals surface area contributed by atoms with E-state index in [0.717, 1.165) is 12.8 Å². The van der Waals surface area contributed by atoms with E-state index in [1.54, 1.807) is 14.2 Å². The summed E-state index contributed by atoms with van der Waals surface area (Å²) in [6.45, 7) is 4.58. The van der Waals surface area contributed by atoms with E-state index in [1.165, 1.54) is 0 Å². The first kappa shape index (κ1) is 14.1. The highest BCUT2D eigenvalue weighted by atomic mass is 28.2. The van der Waals surface area contributed by atoms with Gasteiger partial charge in [0.1, 0.15) is 16.1 Å². The van der Waals surface area contributed by atoms with Gasteiger partial charge in [0.05, 0.1) is 0 Å². The van der Waals surface area contributed by atoms with Crippen molar-refractivity contribution in [1.29, 1.82) is 0 Å². The second-order valence-electron chi connectivity index (χ2n) is 3.77. The number of hydrogen-bond donors (Lipinski definition) is 1. The standard InChI is InChI=1S/C9H23NO3Si/c1-8(2,13-14)9(11-3,12-4)6-5-7-10/h5-7,10H2,1-4,14H3. The highest BCUT2D eigenvalue weighted by Gasteiger charge is 2.45. The van der Waals surface area contributed by atoms with Crippen LogP contribution in [0.15, 0.2) is 0 Å². The number of hydrogen-bond acceptors (Lipinski definition) is 4. The summed E-state index contributed by atoms with van der Waals surface area (Å²) in [6, 6.07) is 0. The predicted octanol–water partition coefficient (Wildman–Crippen LogP) is -0.210. The van der Waals surface area contributed by atoms with E-state index in [2.05, 4.69) is 0 Å². The Morgan fingerprint density at radius 2 is 1.71 bits per heavy atom. The second-order valence-corrected chi connectivity index (χ2v) is 4.18. The molecule has 0 fully saturated rings. The van der Waals surface area contributed by atoms with Crippen LogP contribution in [0.3, 0.4) is 0 Å². The lowest BCUT2D eigenvalue weighted by Crippen LogP contribution is -2.54. The fourth-order valence-electron chi connectivity index (χ4n) is 1.57. The molecule has 86 valence electrons. The van der Waals surface area contributed by atoms with Crippen LogP contribution in [0, 0.1) is 0 Å². The van der Waals surface area contributed by atoms with Gasteiger partial charge in [0, 0.05) is 20.6 Å². The van der Waals surface area contributed by atoms with Crippen LogP contribution in [0.1, 0.15) is 26.7 Å². The molecule has 0 amide bonds. The minimum atomic E-state index is -0.686. The monoisotopic (exact) mass is 221 g/mol. The molecule has 0 radical (unpaired) electrons. The number of rotatable bonds is 7. The van der Waals surface area contributed by atoms with Gasteiger partial charge < -0.3 is 19.6 Å². The van der Waals surface area contributed by atoms with Gasteiger partial charge in [-0.05, 0) is 26.8 Å². The highest BCUT2D eigenvalue weighted by Crippen LogP contribution is 2.33. The van der Waals surface area contributed by atoms with Crippen molar-refractivity contribution >= 4 is 10.5 Å². The normalized spacial score (nSPS) is 13.5. The summed E-state index contributed by atoms with van der Waals surface area (Å²) in [6.07, 6.45) is 1.60. The molecule has 0 aromatic heterocycles. The zero-order chi connectivity index (χ0) is 11.2. The van der Waals surface area contributed by atoms with Crippen molar-refractivity contribution in [2.45, 2.75) is 38.1 Å². The van der Waals surface area contributed by atoms with Gasteiger partial charge >= 0.3 is 0 Å². The van der Waals surface area contributed by atoms with Crippen molar-refractivity contribution in [3.8, 4) is 0 Å². The molecule has 0 heterocycles. The van der Waals surface area contributed by atoms with Crippen molar-refractivity contribution in [3.63, 3.8) is 0 Å². The van der Waals surface area contributed by atoms with E-state index in [0.29, 0.717) is 17.0 Å². The zero-order valence-corrected chi connectivity index (χ0v) is 11.9. The van der Waals surface area contributed by atoms with Gasteiger partial charge in [-0.15, -0.1) is 0 Å². The van der Waals surface area contributed by atoms with Gasteiger partial charge in [-0.3, -0.25) is 0 Å². The third-order valence-electron chi connectivity index (χ3n) is 2.80. The summed E-state index contributed by atoms with van der Waals surface area (Å²) < 4.78 is 16.5. The van der Waals surface area contributed by atoms with Crippen molar-refractivity contribution in [3.05, 3.63) is 0 Å². The van der Waals surface area contributed by atoms with Crippen molar-refractivity contribution in [1.82, 2.24) is 0 Å². The Bertz CT molecular complexity index is 160. The summed E-state index contributed by atoms with van der Waals surface area (Å²) in [5.41, 5.74) is 5.05. The highest BCUT2D eigenvalue weighted by molar-refractivity contribution is 5.98. The predicted molar refractivity (Wildman–Crippen MR) is 60.1 cm³/mol. The molecule has 5 heteroatoms. The van der Waals surface area contributed by atoms with E-state index in [1.807, 2.05) is 13.8 Å². The van der Waals surface area contributed by atoms with Crippen molar-refractivity contribution in [2.24, 2.45) is 5.73 Å². The Morgan fingerprint density at radius 1 is 1.21 bits per heavy atom. The molecule has 2 N–H and O–H groups in total. The third kappa shape index (κ3) is 2.77. The average Bonchev–Trinajstić information content (AvgIpc) is 2.20. The maximum Gasteiger partial charge on any atom is 0.195 e. The van der Waals surface area contributed by atoms with Crippen LogP contribution in [0.2, 0.25) is 0 Å². The van der Waals surface area contributed by atoms with Crippen LogP contribution in [0.25, 0.3) is 0 Å². The first-order valence-electron chi connectivity index (χ1n) is 4.85. The molecule has 0 aromatic rings. The Morgan fingerprint density at radius 3 is 2.00 bits per heavy atom. The van der Waals surface area contributed by atoms with Crippen LogP contribution >= 0.6 is 0 Å². The van der Waals surface area contributed by atoms with Gasteiger partial charge in [-0.25, -0.2) is 0 Å². The van der Waals surface area contributed by atoms with Crippen LogP contribution in [0.5, 0.6) is 0 Å². The number of nitrogens with two attached hydrogens (primary N) is 1. The molecule has 0 aliphatic heterocycles. The lowest BCUT2D eigenvalue weighted by Gasteiger charge is -2.43. The second kappa shape index (κ2) is 5.82. The molecular weight excluding hydrogens is 198 g/mol. The molecule has 4 nitrogen and oxygen atoms in total. The minimum absolute atomic E-state index is 0.433. The summed E-state index contributed by atoms with van der Waals surface area (Å²) in [4.78, 5) is 0. The topological polar surface area (TPSA) is 53.7 Å². The summed E-state index contributed by atoms with van der Waals surface area (Å²) in [5.74, 6) is -0.686. The lowest BCUT2D eigenvalue weighted by molar-refractivity contribution is -0.286. The molecule has 0 rings (SSSR count). The minimum Gasteiger partial charge on any atom is -0.418 e. The smallest absolute Gasteiger partial charge is 0.195 e. The Hall–Kier alpha value is 0.0569. The van der Waals surface area contributed by atoms with E-state index < -0.39 is 11.4 Å². The van der Waals surface area contributed by atoms with Crippen LogP contribution in [-0.4, -0.2) is 42.6 Å². The first-order chi connectivity index (χ1) is 6.49. The van der Waals surface area contributed by atoms with E-state index in [9.17, 15) is 0 Å². The van der Waals surface area contributed by atoms with E-state index in [4.69, 9.17) is 19.6 Å². The Labute approximate surface area is 89.6 Å². The average molecular weight is 221 g/mol. The molecule has 0 spiro atoms. The largest absolute Gasteiger partial charge is 0.418 e. The molecule has 0 atom stereocenters. The van der Waals surface area contributed by atoms with Crippen molar-refractivity contribution < 1.29 is 13.9 Å². The van der Waals surface area contributed by atoms with E-state index >= 15 is 0 Å². The molecule has 0 aliphatic rings. The molecular formula is C9H23NO3Si. The lowest BCUT2D eigenvalue weighted by atomic mass is 9.92. The third-order valence-corrected chi connectivity index (χ3v) is 3.82. The number of ether oxygens (including phenoxy) is 2. The summed E-state index contributed by atoms with van der Waals surface area (Å²) in [7, 11) is 3.94. The van der Waals surface area contributed by atoms with Crippen LogP contribution in [-0.2, 0) is 13.9 Å². The molecule has 0 saturated heterocycles. The maximum absolute atomic E-state index is 5.53. The fraction of sp³-hybridized carbons (Fsp3) is 1.00. The van der Waals surface area contributed by atoms with Gasteiger partial charge in [-0.2, -0.15) is 0 Å². The summed E-state index contributed by atoms with van der Waals surface area (Å²) >= 11 is 0. The van der Waals surface area contributed by atoms with Gasteiger partial charge in [0.25, 0.3) is 0 Å². The maximum atomic E-state index is 5.53. The molecule has 0 aliphatic carbocycles. The molecule has 0 unspecified atom stereocenters. The molecule has 14 heavy (non-hydrogen) atoms.